The molecule has 0 spiro atoms. The van der Waals surface area contributed by atoms with E-state index in [9.17, 15) is 5.11 Å². The molecular weight excluding hydrogens is 350 g/mol. The van der Waals surface area contributed by atoms with Gasteiger partial charge in [0.25, 0.3) is 0 Å². The van der Waals surface area contributed by atoms with Crippen molar-refractivity contribution in [1.29, 1.82) is 0 Å². The van der Waals surface area contributed by atoms with Gasteiger partial charge >= 0.3 is 0 Å². The molecule has 1 atom stereocenters. The lowest BCUT2D eigenvalue weighted by Crippen LogP contribution is -2.35. The van der Waals surface area contributed by atoms with Crippen LogP contribution >= 0.6 is 0 Å². The summed E-state index contributed by atoms with van der Waals surface area (Å²) in [5, 5.41) is 10.1. The van der Waals surface area contributed by atoms with Gasteiger partial charge in [-0.1, -0.05) is 18.2 Å². The summed E-state index contributed by atoms with van der Waals surface area (Å²) in [7, 11) is 3.41. The molecule has 0 aliphatic carbocycles. The third-order valence-electron chi connectivity index (χ3n) is 5.87. The van der Waals surface area contributed by atoms with E-state index in [0.29, 0.717) is 5.92 Å². The fraction of sp³-hybridized carbons (Fsp3) is 0.500. The molecule has 0 bridgehead atoms. The Kier molecular flexibility index (Phi) is 7.35. The molecule has 28 heavy (non-hydrogen) atoms. The van der Waals surface area contributed by atoms with Gasteiger partial charge in [0.05, 0.1) is 20.3 Å². The maximum Gasteiger partial charge on any atom is 0.119 e. The maximum absolute atomic E-state index is 10.1. The third-order valence-corrected chi connectivity index (χ3v) is 5.87. The zero-order valence-corrected chi connectivity index (χ0v) is 17.4. The van der Waals surface area contributed by atoms with Crippen molar-refractivity contribution < 1.29 is 14.6 Å². The summed E-state index contributed by atoms with van der Waals surface area (Å²) in [6, 6.07) is 14.4. The number of hydrogen-bond donors (Lipinski definition) is 1. The molecule has 1 saturated heterocycles. The van der Waals surface area contributed by atoms with Gasteiger partial charge in [-0.15, -0.1) is 0 Å². The molecule has 0 radical (unpaired) electrons. The minimum atomic E-state index is -0.441. The zero-order chi connectivity index (χ0) is 19.9. The van der Waals surface area contributed by atoms with Crippen molar-refractivity contribution in [3.05, 3.63) is 59.2 Å². The van der Waals surface area contributed by atoms with Crippen LogP contribution in [0.4, 0.5) is 0 Å². The lowest BCUT2D eigenvalue weighted by atomic mass is 9.87. The molecule has 1 unspecified atom stereocenters. The highest BCUT2D eigenvalue weighted by Gasteiger charge is 2.21. The predicted molar refractivity (Wildman–Crippen MR) is 113 cm³/mol. The number of likely N-dealkylation sites (tertiary alicyclic amines) is 1. The monoisotopic (exact) mass is 383 g/mol. The summed E-state index contributed by atoms with van der Waals surface area (Å²) in [5.41, 5.74) is 3.59. The molecule has 1 N–H and O–H groups in total. The van der Waals surface area contributed by atoms with Crippen LogP contribution in [0, 0.1) is 5.92 Å². The van der Waals surface area contributed by atoms with E-state index in [1.807, 2.05) is 25.1 Å². The number of benzene rings is 2. The number of hydrogen-bond acceptors (Lipinski definition) is 4. The van der Waals surface area contributed by atoms with E-state index in [1.54, 1.807) is 14.2 Å². The molecule has 2 aromatic carbocycles. The summed E-state index contributed by atoms with van der Waals surface area (Å²) in [6.07, 6.45) is 4.04. The normalized spacial score (nSPS) is 16.7. The highest BCUT2D eigenvalue weighted by Crippen LogP contribution is 2.29. The van der Waals surface area contributed by atoms with E-state index in [4.69, 9.17) is 9.47 Å². The third kappa shape index (κ3) is 5.49. The van der Waals surface area contributed by atoms with Gasteiger partial charge in [0.1, 0.15) is 11.5 Å². The van der Waals surface area contributed by atoms with Crippen molar-refractivity contribution in [2.75, 3.05) is 33.9 Å². The Morgan fingerprint density at radius 3 is 2.43 bits per heavy atom. The number of piperidine rings is 1. The van der Waals surface area contributed by atoms with E-state index in [2.05, 4.69) is 29.2 Å². The van der Waals surface area contributed by atoms with E-state index in [1.165, 1.54) is 24.0 Å². The van der Waals surface area contributed by atoms with Gasteiger partial charge < -0.3 is 19.5 Å². The van der Waals surface area contributed by atoms with Gasteiger partial charge in [-0.05, 0) is 92.6 Å². The maximum atomic E-state index is 10.1. The Labute approximate surface area is 169 Å². The van der Waals surface area contributed by atoms with Crippen LogP contribution < -0.4 is 9.47 Å². The Hall–Kier alpha value is -2.04. The van der Waals surface area contributed by atoms with Crippen LogP contribution in [-0.4, -0.2) is 43.9 Å². The molecule has 1 heterocycles. The van der Waals surface area contributed by atoms with Crippen LogP contribution in [0.25, 0.3) is 0 Å². The fourth-order valence-electron chi connectivity index (χ4n) is 4.13. The number of ether oxygens (including phenoxy) is 2. The van der Waals surface area contributed by atoms with Crippen molar-refractivity contribution in [1.82, 2.24) is 4.90 Å². The molecule has 0 amide bonds. The molecule has 4 nitrogen and oxygen atoms in total. The standard InChI is InChI=1S/C24H33NO3/c1-18(26)24-8-7-23(28-3)17-21(24)15-20-10-13-25(14-11-20)12-9-19-5-4-6-22(16-19)27-2/h4-8,16-18,20,26H,9-15H2,1-3H3. The van der Waals surface area contributed by atoms with Gasteiger partial charge in [-0.3, -0.25) is 0 Å². The fourth-order valence-corrected chi connectivity index (χ4v) is 4.13. The number of rotatable bonds is 8. The van der Waals surface area contributed by atoms with Crippen LogP contribution in [0.15, 0.2) is 42.5 Å². The quantitative estimate of drug-likeness (QED) is 0.740. The van der Waals surface area contributed by atoms with Crippen molar-refractivity contribution in [2.24, 2.45) is 5.92 Å². The number of aliphatic hydroxyl groups is 1. The van der Waals surface area contributed by atoms with Gasteiger partial charge in [0.2, 0.25) is 0 Å². The Bertz CT molecular complexity index is 751. The van der Waals surface area contributed by atoms with E-state index >= 15 is 0 Å². The van der Waals surface area contributed by atoms with Gasteiger partial charge in [0, 0.05) is 6.54 Å². The Morgan fingerprint density at radius 2 is 1.75 bits per heavy atom. The van der Waals surface area contributed by atoms with Crippen LogP contribution in [-0.2, 0) is 12.8 Å². The first-order chi connectivity index (χ1) is 13.6. The second-order valence-electron chi connectivity index (χ2n) is 7.83. The number of nitrogens with zero attached hydrogens (tertiary/aromatic N) is 1. The SMILES string of the molecule is COc1cccc(CCN2CCC(Cc3cc(OC)ccc3C(C)O)CC2)c1. The van der Waals surface area contributed by atoms with E-state index in [0.717, 1.165) is 49.5 Å². The first-order valence-corrected chi connectivity index (χ1v) is 10.3. The highest BCUT2D eigenvalue weighted by atomic mass is 16.5. The van der Waals surface area contributed by atoms with Crippen molar-refractivity contribution in [3.8, 4) is 11.5 Å². The molecule has 152 valence electrons. The minimum Gasteiger partial charge on any atom is -0.497 e. The van der Waals surface area contributed by atoms with E-state index in [-0.39, 0.29) is 0 Å². The zero-order valence-electron chi connectivity index (χ0n) is 17.4. The summed E-state index contributed by atoms with van der Waals surface area (Å²) in [5.74, 6) is 2.47. The topological polar surface area (TPSA) is 41.9 Å². The molecule has 1 aliphatic rings. The summed E-state index contributed by atoms with van der Waals surface area (Å²) >= 11 is 0. The average molecular weight is 384 g/mol. The van der Waals surface area contributed by atoms with Gasteiger partial charge in [-0.25, -0.2) is 0 Å². The lowest BCUT2D eigenvalue weighted by Gasteiger charge is -2.32. The highest BCUT2D eigenvalue weighted by molar-refractivity contribution is 5.37. The van der Waals surface area contributed by atoms with Crippen molar-refractivity contribution in [3.63, 3.8) is 0 Å². The first kappa shape index (κ1) is 20.7. The molecule has 3 rings (SSSR count). The molecule has 2 aromatic rings. The minimum absolute atomic E-state index is 0.441. The summed E-state index contributed by atoms with van der Waals surface area (Å²) in [6.45, 7) is 5.22. The Balaban J connectivity index is 1.51. The van der Waals surface area contributed by atoms with Crippen molar-refractivity contribution in [2.45, 2.75) is 38.7 Å². The predicted octanol–water partition coefficient (Wildman–Crippen LogP) is 4.25. The summed E-state index contributed by atoms with van der Waals surface area (Å²) < 4.78 is 10.7. The van der Waals surface area contributed by atoms with E-state index < -0.39 is 6.10 Å². The van der Waals surface area contributed by atoms with Crippen LogP contribution in [0.5, 0.6) is 11.5 Å². The van der Waals surface area contributed by atoms with Crippen LogP contribution in [0.1, 0.15) is 42.6 Å². The van der Waals surface area contributed by atoms with Gasteiger partial charge in [0.15, 0.2) is 0 Å². The number of methoxy groups -OCH3 is 2. The number of aliphatic hydroxyl groups excluding tert-OH is 1. The van der Waals surface area contributed by atoms with Crippen LogP contribution in [0.3, 0.4) is 0 Å². The molecule has 0 saturated carbocycles. The second kappa shape index (κ2) is 9.94. The molecule has 1 fully saturated rings. The van der Waals surface area contributed by atoms with Crippen LogP contribution in [0.2, 0.25) is 0 Å². The smallest absolute Gasteiger partial charge is 0.119 e. The summed E-state index contributed by atoms with van der Waals surface area (Å²) in [4.78, 5) is 2.57. The van der Waals surface area contributed by atoms with Crippen molar-refractivity contribution >= 4 is 0 Å². The molecule has 1 aliphatic heterocycles. The molecular formula is C24H33NO3. The lowest BCUT2D eigenvalue weighted by molar-refractivity contribution is 0.182. The second-order valence-corrected chi connectivity index (χ2v) is 7.83. The largest absolute Gasteiger partial charge is 0.497 e. The average Bonchev–Trinajstić information content (AvgIpc) is 2.73. The first-order valence-electron chi connectivity index (χ1n) is 10.3. The molecule has 4 heteroatoms. The Morgan fingerprint density at radius 1 is 1.04 bits per heavy atom. The molecule has 0 aromatic heterocycles. The van der Waals surface area contributed by atoms with Gasteiger partial charge in [-0.2, -0.15) is 0 Å².